The van der Waals surface area contributed by atoms with Crippen molar-refractivity contribution >= 4 is 23.6 Å². The summed E-state index contributed by atoms with van der Waals surface area (Å²) in [6.45, 7) is 0.394. The van der Waals surface area contributed by atoms with Gasteiger partial charge in [-0.1, -0.05) is 30.3 Å². The van der Waals surface area contributed by atoms with E-state index in [-0.39, 0.29) is 11.9 Å². The molecule has 0 aliphatic carbocycles. The number of carbonyl (C=O) groups excluding carboxylic acids is 2. The topological polar surface area (TPSA) is 55.4 Å². The molecule has 1 fully saturated rings. The van der Waals surface area contributed by atoms with Gasteiger partial charge in [-0.15, -0.1) is 11.8 Å². The Morgan fingerprint density at radius 3 is 2.89 bits per heavy atom. The van der Waals surface area contributed by atoms with Gasteiger partial charge in [-0.3, -0.25) is 4.79 Å². The van der Waals surface area contributed by atoms with Crippen LogP contribution in [0.3, 0.4) is 0 Å². The van der Waals surface area contributed by atoms with E-state index < -0.39 is 6.04 Å². The number of thioether (sulfide) groups is 1. The molecule has 1 N–H and O–H groups in total. The van der Waals surface area contributed by atoms with E-state index in [9.17, 15) is 9.59 Å². The highest BCUT2D eigenvalue weighted by Crippen LogP contribution is 2.10. The number of hydrogen-bond donors (Lipinski definition) is 1. The Morgan fingerprint density at radius 1 is 1.37 bits per heavy atom. The molecule has 1 aromatic rings. The van der Waals surface area contributed by atoms with E-state index in [0.29, 0.717) is 18.1 Å². The van der Waals surface area contributed by atoms with Crippen LogP contribution in [0.4, 0.5) is 0 Å². The summed E-state index contributed by atoms with van der Waals surface area (Å²) >= 11 is 1.46. The maximum Gasteiger partial charge on any atom is 0.329 e. The van der Waals surface area contributed by atoms with Crippen molar-refractivity contribution in [2.24, 2.45) is 0 Å². The molecule has 0 radical (unpaired) electrons. The second-order valence-electron chi connectivity index (χ2n) is 4.39. The van der Waals surface area contributed by atoms with Gasteiger partial charge in [0, 0.05) is 5.75 Å². The summed E-state index contributed by atoms with van der Waals surface area (Å²) in [5, 5.41) is 2.64. The van der Waals surface area contributed by atoms with E-state index in [4.69, 9.17) is 4.74 Å². The second-order valence-corrected chi connectivity index (χ2v) is 5.42. The Kier molecular flexibility index (Phi) is 5.27. The zero-order valence-electron chi connectivity index (χ0n) is 10.6. The Labute approximate surface area is 116 Å². The molecule has 1 aliphatic heterocycles. The summed E-state index contributed by atoms with van der Waals surface area (Å²) < 4.78 is 5.18. The number of ether oxygens (including phenoxy) is 1. The Hall–Kier alpha value is -1.49. The van der Waals surface area contributed by atoms with Crippen LogP contribution in [0.1, 0.15) is 12.0 Å². The highest BCUT2D eigenvalue weighted by atomic mass is 32.2. The van der Waals surface area contributed by atoms with Crippen molar-refractivity contribution in [3.8, 4) is 0 Å². The first-order valence-electron chi connectivity index (χ1n) is 6.33. The quantitative estimate of drug-likeness (QED) is 0.654. The van der Waals surface area contributed by atoms with E-state index in [2.05, 4.69) is 17.4 Å². The van der Waals surface area contributed by atoms with Gasteiger partial charge in [-0.05, 0) is 18.4 Å². The molecular formula is C14H17NO3S. The largest absolute Gasteiger partial charge is 0.464 e. The summed E-state index contributed by atoms with van der Waals surface area (Å²) in [6.07, 6.45) is 1.68. The fourth-order valence-corrected chi connectivity index (χ4v) is 2.71. The Bertz CT molecular complexity index is 436. The van der Waals surface area contributed by atoms with Crippen molar-refractivity contribution in [2.45, 2.75) is 18.9 Å². The molecular weight excluding hydrogens is 262 g/mol. The van der Waals surface area contributed by atoms with Crippen molar-refractivity contribution < 1.29 is 14.3 Å². The maximum atomic E-state index is 11.7. The lowest BCUT2D eigenvalue weighted by molar-refractivity contribution is -0.147. The van der Waals surface area contributed by atoms with Gasteiger partial charge in [0.25, 0.3) is 0 Å². The number of carbonyl (C=O) groups is 2. The predicted molar refractivity (Wildman–Crippen MR) is 75.0 cm³/mol. The SMILES string of the molecule is O=C1CSC[C@@H](C(=O)OCCCc2ccccc2)N1. The van der Waals surface area contributed by atoms with Gasteiger partial charge in [0.2, 0.25) is 5.91 Å². The molecule has 19 heavy (non-hydrogen) atoms. The van der Waals surface area contributed by atoms with E-state index in [1.165, 1.54) is 17.3 Å². The Morgan fingerprint density at radius 2 is 2.16 bits per heavy atom. The summed E-state index contributed by atoms with van der Waals surface area (Å²) in [6, 6.07) is 9.60. The molecule has 1 aliphatic rings. The minimum Gasteiger partial charge on any atom is -0.464 e. The molecule has 1 aromatic carbocycles. The van der Waals surface area contributed by atoms with Crippen LogP contribution in [0.25, 0.3) is 0 Å². The van der Waals surface area contributed by atoms with Crippen LogP contribution in [-0.2, 0) is 20.7 Å². The van der Waals surface area contributed by atoms with Gasteiger partial charge < -0.3 is 10.1 Å². The van der Waals surface area contributed by atoms with Crippen LogP contribution in [-0.4, -0.2) is 36.0 Å². The highest BCUT2D eigenvalue weighted by Gasteiger charge is 2.26. The number of esters is 1. The average molecular weight is 279 g/mol. The third-order valence-corrected chi connectivity index (χ3v) is 3.87. The first-order valence-corrected chi connectivity index (χ1v) is 7.49. The third kappa shape index (κ3) is 4.59. The number of amides is 1. The zero-order valence-corrected chi connectivity index (χ0v) is 11.4. The van der Waals surface area contributed by atoms with Crippen molar-refractivity contribution in [1.29, 1.82) is 0 Å². The molecule has 102 valence electrons. The molecule has 0 bridgehead atoms. The number of hydrogen-bond acceptors (Lipinski definition) is 4. The second kappa shape index (κ2) is 7.19. The maximum absolute atomic E-state index is 11.7. The van der Waals surface area contributed by atoms with Crippen molar-refractivity contribution in [1.82, 2.24) is 5.32 Å². The van der Waals surface area contributed by atoms with Crippen LogP contribution in [0.5, 0.6) is 0 Å². The summed E-state index contributed by atoms with van der Waals surface area (Å²) in [5.41, 5.74) is 1.24. The standard InChI is InChI=1S/C14H17NO3S/c16-13-10-19-9-12(15-13)14(17)18-8-4-7-11-5-2-1-3-6-11/h1-3,5-6,12H,4,7-10H2,(H,15,16)/t12-/m0/s1. The van der Waals surface area contributed by atoms with Crippen molar-refractivity contribution in [3.63, 3.8) is 0 Å². The third-order valence-electron chi connectivity index (χ3n) is 2.83. The van der Waals surface area contributed by atoms with Gasteiger partial charge in [0.1, 0.15) is 6.04 Å². The zero-order chi connectivity index (χ0) is 13.5. The molecule has 0 unspecified atom stereocenters. The van der Waals surface area contributed by atoms with Crippen LogP contribution in [0.2, 0.25) is 0 Å². The minimum absolute atomic E-state index is 0.0949. The molecule has 2 rings (SSSR count). The van der Waals surface area contributed by atoms with E-state index in [0.717, 1.165) is 12.8 Å². The molecule has 1 saturated heterocycles. The summed E-state index contributed by atoms with van der Waals surface area (Å²) in [4.78, 5) is 22.9. The monoisotopic (exact) mass is 279 g/mol. The average Bonchev–Trinajstić information content (AvgIpc) is 2.44. The molecule has 1 amide bonds. The lowest BCUT2D eigenvalue weighted by Gasteiger charge is -2.21. The molecule has 0 saturated carbocycles. The number of aryl methyl sites for hydroxylation is 1. The van der Waals surface area contributed by atoms with Gasteiger partial charge in [-0.2, -0.15) is 0 Å². The predicted octanol–water partition coefficient (Wildman–Crippen LogP) is 1.39. The van der Waals surface area contributed by atoms with Gasteiger partial charge in [0.15, 0.2) is 0 Å². The lowest BCUT2D eigenvalue weighted by atomic mass is 10.1. The van der Waals surface area contributed by atoms with Gasteiger partial charge in [-0.25, -0.2) is 4.79 Å². The van der Waals surface area contributed by atoms with E-state index in [1.807, 2.05) is 18.2 Å². The summed E-state index contributed by atoms with van der Waals surface area (Å²) in [7, 11) is 0. The van der Waals surface area contributed by atoms with Gasteiger partial charge in [0.05, 0.1) is 12.4 Å². The molecule has 0 aromatic heterocycles. The first kappa shape index (κ1) is 13.9. The fourth-order valence-electron chi connectivity index (χ4n) is 1.87. The van der Waals surface area contributed by atoms with Crippen LogP contribution < -0.4 is 5.32 Å². The number of rotatable bonds is 5. The lowest BCUT2D eigenvalue weighted by Crippen LogP contribution is -2.47. The van der Waals surface area contributed by atoms with E-state index >= 15 is 0 Å². The molecule has 1 heterocycles. The van der Waals surface area contributed by atoms with Crippen LogP contribution in [0, 0.1) is 0 Å². The van der Waals surface area contributed by atoms with Crippen LogP contribution >= 0.6 is 11.8 Å². The fraction of sp³-hybridized carbons (Fsp3) is 0.429. The first-order chi connectivity index (χ1) is 9.25. The minimum atomic E-state index is -0.483. The normalized spacial score (nSPS) is 18.7. The van der Waals surface area contributed by atoms with Gasteiger partial charge >= 0.3 is 5.97 Å². The molecule has 4 nitrogen and oxygen atoms in total. The van der Waals surface area contributed by atoms with E-state index in [1.54, 1.807) is 0 Å². The number of benzene rings is 1. The van der Waals surface area contributed by atoms with Crippen LogP contribution in [0.15, 0.2) is 30.3 Å². The summed E-state index contributed by atoms with van der Waals surface area (Å²) in [5.74, 6) is 0.609. The molecule has 5 heteroatoms. The number of nitrogens with one attached hydrogen (secondary N) is 1. The smallest absolute Gasteiger partial charge is 0.329 e. The van der Waals surface area contributed by atoms with Crippen molar-refractivity contribution in [3.05, 3.63) is 35.9 Å². The molecule has 1 atom stereocenters. The highest BCUT2D eigenvalue weighted by molar-refractivity contribution is 8.00. The Balaban J connectivity index is 1.65. The molecule has 0 spiro atoms. The van der Waals surface area contributed by atoms with Crippen molar-refractivity contribution in [2.75, 3.05) is 18.1 Å².